The number of carbonyl (C=O) groups is 3. The van der Waals surface area contributed by atoms with E-state index in [1.807, 2.05) is 6.92 Å². The standard InChI is InChI=1S/C14H17NO4S/c1-8-3-10(14(18)19)6-15(5-8)13(17)12-4-11(7-20-12)9(2)16/h4,7-8,10H,3,5-6H2,1-2H3,(H,18,19). The first-order chi connectivity index (χ1) is 9.38. The topological polar surface area (TPSA) is 74.7 Å². The highest BCUT2D eigenvalue weighted by atomic mass is 32.1. The van der Waals surface area contributed by atoms with E-state index in [1.165, 1.54) is 18.3 Å². The lowest BCUT2D eigenvalue weighted by Gasteiger charge is -2.34. The maximum Gasteiger partial charge on any atom is 0.308 e. The van der Waals surface area contributed by atoms with Crippen molar-refractivity contribution in [3.8, 4) is 0 Å². The molecule has 1 N–H and O–H groups in total. The van der Waals surface area contributed by atoms with Crippen LogP contribution in [-0.4, -0.2) is 40.8 Å². The lowest BCUT2D eigenvalue weighted by molar-refractivity contribution is -0.143. The Morgan fingerprint density at radius 3 is 2.60 bits per heavy atom. The normalized spacial score (nSPS) is 22.6. The molecule has 108 valence electrons. The summed E-state index contributed by atoms with van der Waals surface area (Å²) in [6.45, 7) is 4.21. The lowest BCUT2D eigenvalue weighted by atomic mass is 9.90. The van der Waals surface area contributed by atoms with Crippen LogP contribution in [0.2, 0.25) is 0 Å². The number of carboxylic acids is 1. The molecule has 1 aromatic heterocycles. The first kappa shape index (κ1) is 14.7. The van der Waals surface area contributed by atoms with Crippen LogP contribution in [0.3, 0.4) is 0 Å². The maximum atomic E-state index is 12.4. The van der Waals surface area contributed by atoms with Crippen LogP contribution in [0.25, 0.3) is 0 Å². The minimum Gasteiger partial charge on any atom is -0.481 e. The first-order valence-electron chi connectivity index (χ1n) is 6.50. The average molecular weight is 295 g/mol. The Balaban J connectivity index is 2.14. The first-order valence-corrected chi connectivity index (χ1v) is 7.38. The molecule has 5 nitrogen and oxygen atoms in total. The van der Waals surface area contributed by atoms with E-state index in [0.29, 0.717) is 23.4 Å². The van der Waals surface area contributed by atoms with Crippen molar-refractivity contribution in [1.82, 2.24) is 4.90 Å². The third kappa shape index (κ3) is 3.07. The van der Waals surface area contributed by atoms with Gasteiger partial charge in [-0.25, -0.2) is 0 Å². The van der Waals surface area contributed by atoms with Gasteiger partial charge in [-0.05, 0) is 25.3 Å². The summed E-state index contributed by atoms with van der Waals surface area (Å²) in [5.74, 6) is -1.45. The van der Waals surface area contributed by atoms with E-state index in [9.17, 15) is 14.4 Å². The number of Topliss-reactive ketones (excluding diaryl/α,β-unsaturated/α-hetero) is 1. The molecule has 20 heavy (non-hydrogen) atoms. The molecule has 2 rings (SSSR count). The molecular formula is C14H17NO4S. The van der Waals surface area contributed by atoms with E-state index < -0.39 is 11.9 Å². The zero-order chi connectivity index (χ0) is 14.9. The molecule has 1 fully saturated rings. The summed E-state index contributed by atoms with van der Waals surface area (Å²) in [5, 5.41) is 10.8. The van der Waals surface area contributed by atoms with Gasteiger partial charge in [0, 0.05) is 24.0 Å². The van der Waals surface area contributed by atoms with Gasteiger partial charge in [-0.2, -0.15) is 0 Å². The number of hydrogen-bond acceptors (Lipinski definition) is 4. The number of carboxylic acid groups (broad SMARTS) is 1. The number of nitrogens with zero attached hydrogens (tertiary/aromatic N) is 1. The Morgan fingerprint density at radius 1 is 1.35 bits per heavy atom. The highest BCUT2D eigenvalue weighted by molar-refractivity contribution is 7.12. The highest BCUT2D eigenvalue weighted by Crippen LogP contribution is 2.25. The van der Waals surface area contributed by atoms with Crippen LogP contribution in [0, 0.1) is 11.8 Å². The van der Waals surface area contributed by atoms with Crippen molar-refractivity contribution < 1.29 is 19.5 Å². The minimum absolute atomic E-state index is 0.0734. The molecule has 0 bridgehead atoms. The molecule has 0 spiro atoms. The molecular weight excluding hydrogens is 278 g/mol. The number of ketones is 1. The fourth-order valence-electron chi connectivity index (χ4n) is 2.49. The summed E-state index contributed by atoms with van der Waals surface area (Å²) in [5.41, 5.74) is 0.526. The van der Waals surface area contributed by atoms with Gasteiger partial charge in [0.1, 0.15) is 0 Å². The van der Waals surface area contributed by atoms with Crippen molar-refractivity contribution in [2.45, 2.75) is 20.3 Å². The Morgan fingerprint density at radius 2 is 2.05 bits per heavy atom. The van der Waals surface area contributed by atoms with E-state index in [4.69, 9.17) is 5.11 Å². The molecule has 1 aliphatic rings. The molecule has 6 heteroatoms. The minimum atomic E-state index is -0.857. The van der Waals surface area contributed by atoms with Gasteiger partial charge < -0.3 is 10.0 Å². The van der Waals surface area contributed by atoms with Crippen LogP contribution in [-0.2, 0) is 4.79 Å². The summed E-state index contributed by atoms with van der Waals surface area (Å²) in [4.78, 5) is 36.8. The number of likely N-dealkylation sites (tertiary alicyclic amines) is 1. The zero-order valence-corrected chi connectivity index (χ0v) is 12.3. The Bertz CT molecular complexity index is 551. The number of thiophene rings is 1. The lowest BCUT2D eigenvalue weighted by Crippen LogP contribution is -2.45. The second-order valence-electron chi connectivity index (χ2n) is 5.34. The van der Waals surface area contributed by atoms with Crippen molar-refractivity contribution in [3.05, 3.63) is 21.9 Å². The van der Waals surface area contributed by atoms with Gasteiger partial charge in [-0.1, -0.05) is 6.92 Å². The van der Waals surface area contributed by atoms with Crippen LogP contribution in [0.1, 0.15) is 40.3 Å². The second-order valence-corrected chi connectivity index (χ2v) is 6.25. The van der Waals surface area contributed by atoms with Crippen molar-refractivity contribution in [2.75, 3.05) is 13.1 Å². The molecule has 0 aromatic carbocycles. The Labute approximate surface area is 121 Å². The van der Waals surface area contributed by atoms with Gasteiger partial charge in [-0.15, -0.1) is 11.3 Å². The Hall–Kier alpha value is -1.69. The molecule has 2 atom stereocenters. The predicted octanol–water partition coefficient (Wildman–Crippen LogP) is 2.13. The number of piperidine rings is 1. The zero-order valence-electron chi connectivity index (χ0n) is 11.5. The predicted molar refractivity (Wildman–Crippen MR) is 75.1 cm³/mol. The third-order valence-electron chi connectivity index (χ3n) is 3.51. The van der Waals surface area contributed by atoms with Gasteiger partial charge in [0.2, 0.25) is 0 Å². The quantitative estimate of drug-likeness (QED) is 0.867. The monoisotopic (exact) mass is 295 g/mol. The smallest absolute Gasteiger partial charge is 0.308 e. The third-order valence-corrected chi connectivity index (χ3v) is 4.43. The van der Waals surface area contributed by atoms with Crippen molar-refractivity contribution in [1.29, 1.82) is 0 Å². The van der Waals surface area contributed by atoms with Crippen molar-refractivity contribution in [3.63, 3.8) is 0 Å². The number of carbonyl (C=O) groups excluding carboxylic acids is 2. The molecule has 2 heterocycles. The number of aliphatic carboxylic acids is 1. The van der Waals surface area contributed by atoms with Gasteiger partial charge in [0.05, 0.1) is 10.8 Å². The van der Waals surface area contributed by atoms with Crippen molar-refractivity contribution >= 4 is 29.0 Å². The number of rotatable bonds is 3. The van der Waals surface area contributed by atoms with Gasteiger partial charge in [0.25, 0.3) is 5.91 Å². The van der Waals surface area contributed by atoms with Crippen molar-refractivity contribution in [2.24, 2.45) is 11.8 Å². The number of hydrogen-bond donors (Lipinski definition) is 1. The number of amides is 1. The van der Waals surface area contributed by atoms with Crippen LogP contribution >= 0.6 is 11.3 Å². The summed E-state index contributed by atoms with van der Waals surface area (Å²) < 4.78 is 0. The van der Waals surface area contributed by atoms with Crippen LogP contribution < -0.4 is 0 Å². The summed E-state index contributed by atoms with van der Waals surface area (Å²) >= 11 is 1.23. The van der Waals surface area contributed by atoms with Gasteiger partial charge in [0.15, 0.2) is 5.78 Å². The van der Waals surface area contributed by atoms with Gasteiger partial charge in [-0.3, -0.25) is 14.4 Å². The Kier molecular flexibility index (Phi) is 4.23. The van der Waals surface area contributed by atoms with E-state index in [0.717, 1.165) is 0 Å². The van der Waals surface area contributed by atoms with E-state index in [-0.39, 0.29) is 24.2 Å². The SMILES string of the molecule is CC(=O)c1csc(C(=O)N2CC(C)CC(C(=O)O)C2)c1. The fourth-order valence-corrected chi connectivity index (χ4v) is 3.40. The van der Waals surface area contributed by atoms with Gasteiger partial charge >= 0.3 is 5.97 Å². The molecule has 1 aliphatic heterocycles. The summed E-state index contributed by atoms with van der Waals surface area (Å²) in [6, 6.07) is 1.59. The molecule has 0 aliphatic carbocycles. The second kappa shape index (κ2) is 5.75. The molecule has 1 amide bonds. The average Bonchev–Trinajstić information content (AvgIpc) is 2.86. The fraction of sp³-hybridized carbons (Fsp3) is 0.500. The van der Waals surface area contributed by atoms with E-state index in [1.54, 1.807) is 16.3 Å². The van der Waals surface area contributed by atoms with Crippen LogP contribution in [0.15, 0.2) is 11.4 Å². The molecule has 2 unspecified atom stereocenters. The largest absolute Gasteiger partial charge is 0.481 e. The maximum absolute atomic E-state index is 12.4. The molecule has 1 aromatic rings. The van der Waals surface area contributed by atoms with Crippen LogP contribution in [0.4, 0.5) is 0 Å². The molecule has 0 radical (unpaired) electrons. The summed E-state index contributed by atoms with van der Waals surface area (Å²) in [6.07, 6.45) is 0.599. The molecule has 0 saturated carbocycles. The molecule has 1 saturated heterocycles. The van der Waals surface area contributed by atoms with E-state index in [2.05, 4.69) is 0 Å². The van der Waals surface area contributed by atoms with E-state index >= 15 is 0 Å². The highest BCUT2D eigenvalue weighted by Gasteiger charge is 2.32. The summed E-state index contributed by atoms with van der Waals surface area (Å²) in [7, 11) is 0. The van der Waals surface area contributed by atoms with Crippen LogP contribution in [0.5, 0.6) is 0 Å².